The molecule has 1 aromatic rings. The van der Waals surface area contributed by atoms with Crippen molar-refractivity contribution in [2.45, 2.75) is 64.9 Å². The van der Waals surface area contributed by atoms with Crippen molar-refractivity contribution in [3.63, 3.8) is 0 Å². The highest BCUT2D eigenvalue weighted by molar-refractivity contribution is 5.76. The number of aliphatic hydroxyl groups is 1. The predicted octanol–water partition coefficient (Wildman–Crippen LogP) is 3.19. The van der Waals surface area contributed by atoms with Crippen LogP contribution in [-0.2, 0) is 10.4 Å². The molecule has 4 heteroatoms. The standard InChI is InChI=1S/C17H27NO3/c1-12-9-15(13(2)21-12)17(3,20)11-18-16(19)10-14-7-5-4-6-8-14/h9,14,20H,4-8,10-11H2,1-3H3,(H,18,19). The number of furan rings is 1. The minimum absolute atomic E-state index is 0.0417. The first-order chi connectivity index (χ1) is 9.88. The van der Waals surface area contributed by atoms with Gasteiger partial charge >= 0.3 is 0 Å². The van der Waals surface area contributed by atoms with Gasteiger partial charge in [-0.15, -0.1) is 0 Å². The van der Waals surface area contributed by atoms with Gasteiger partial charge in [-0.25, -0.2) is 0 Å². The van der Waals surface area contributed by atoms with Crippen LogP contribution in [-0.4, -0.2) is 17.6 Å². The fraction of sp³-hybridized carbons (Fsp3) is 0.706. The van der Waals surface area contributed by atoms with Crippen LogP contribution in [0.4, 0.5) is 0 Å². The number of amides is 1. The summed E-state index contributed by atoms with van der Waals surface area (Å²) in [6.45, 7) is 5.62. The van der Waals surface area contributed by atoms with E-state index < -0.39 is 5.60 Å². The summed E-state index contributed by atoms with van der Waals surface area (Å²) in [6.07, 6.45) is 6.67. The van der Waals surface area contributed by atoms with Crippen molar-refractivity contribution in [3.05, 3.63) is 23.2 Å². The third-order valence-electron chi connectivity index (χ3n) is 4.45. The first kappa shape index (κ1) is 16.1. The largest absolute Gasteiger partial charge is 0.466 e. The molecule has 0 radical (unpaired) electrons. The molecule has 1 aliphatic carbocycles. The molecule has 1 saturated carbocycles. The summed E-state index contributed by atoms with van der Waals surface area (Å²) in [4.78, 5) is 12.0. The first-order valence-corrected chi connectivity index (χ1v) is 7.95. The zero-order valence-electron chi connectivity index (χ0n) is 13.4. The average Bonchev–Trinajstić information content (AvgIpc) is 2.78. The Morgan fingerprint density at radius 1 is 1.38 bits per heavy atom. The van der Waals surface area contributed by atoms with E-state index in [1.807, 2.05) is 19.9 Å². The summed E-state index contributed by atoms with van der Waals surface area (Å²) >= 11 is 0. The summed E-state index contributed by atoms with van der Waals surface area (Å²) in [6, 6.07) is 1.84. The molecule has 0 saturated heterocycles. The molecule has 1 amide bonds. The van der Waals surface area contributed by atoms with Crippen molar-refractivity contribution in [2.75, 3.05) is 6.54 Å². The second kappa shape index (κ2) is 6.65. The van der Waals surface area contributed by atoms with Crippen molar-refractivity contribution < 1.29 is 14.3 Å². The maximum absolute atomic E-state index is 12.0. The molecule has 1 aromatic heterocycles. The number of nitrogens with one attached hydrogen (secondary N) is 1. The molecule has 4 nitrogen and oxygen atoms in total. The molecule has 0 aliphatic heterocycles. The van der Waals surface area contributed by atoms with Gasteiger partial charge in [-0.05, 0) is 45.6 Å². The summed E-state index contributed by atoms with van der Waals surface area (Å²) < 4.78 is 5.46. The lowest BCUT2D eigenvalue weighted by molar-refractivity contribution is -0.123. The van der Waals surface area contributed by atoms with Crippen molar-refractivity contribution in [2.24, 2.45) is 5.92 Å². The topological polar surface area (TPSA) is 62.5 Å². The molecule has 1 atom stereocenters. The van der Waals surface area contributed by atoms with Gasteiger partial charge in [0.1, 0.15) is 17.1 Å². The highest BCUT2D eigenvalue weighted by atomic mass is 16.3. The maximum Gasteiger partial charge on any atom is 0.220 e. The van der Waals surface area contributed by atoms with E-state index in [0.29, 0.717) is 18.1 Å². The third-order valence-corrected chi connectivity index (χ3v) is 4.45. The maximum atomic E-state index is 12.0. The molecule has 0 bridgehead atoms. The highest BCUT2D eigenvalue weighted by Gasteiger charge is 2.28. The van der Waals surface area contributed by atoms with E-state index in [-0.39, 0.29) is 12.5 Å². The highest BCUT2D eigenvalue weighted by Crippen LogP contribution is 2.28. The molecule has 1 aliphatic rings. The molecule has 2 rings (SSSR count). The van der Waals surface area contributed by atoms with Gasteiger partial charge in [0.15, 0.2) is 0 Å². The van der Waals surface area contributed by atoms with Crippen LogP contribution in [0.25, 0.3) is 0 Å². The van der Waals surface area contributed by atoms with E-state index in [9.17, 15) is 9.90 Å². The van der Waals surface area contributed by atoms with E-state index in [2.05, 4.69) is 5.32 Å². The lowest BCUT2D eigenvalue weighted by Crippen LogP contribution is -2.39. The van der Waals surface area contributed by atoms with Gasteiger partial charge in [-0.1, -0.05) is 19.3 Å². The van der Waals surface area contributed by atoms with Crippen LogP contribution < -0.4 is 5.32 Å². The van der Waals surface area contributed by atoms with Crippen LogP contribution in [0.2, 0.25) is 0 Å². The van der Waals surface area contributed by atoms with E-state index in [4.69, 9.17) is 4.42 Å². The Hall–Kier alpha value is -1.29. The Balaban J connectivity index is 1.86. The fourth-order valence-electron chi connectivity index (χ4n) is 3.26. The quantitative estimate of drug-likeness (QED) is 0.876. The molecule has 118 valence electrons. The van der Waals surface area contributed by atoms with Gasteiger partial charge in [0.25, 0.3) is 0 Å². The number of aryl methyl sites for hydroxylation is 2. The van der Waals surface area contributed by atoms with Crippen LogP contribution in [0.1, 0.15) is 62.5 Å². The van der Waals surface area contributed by atoms with Gasteiger partial charge in [0.2, 0.25) is 5.91 Å². The summed E-state index contributed by atoms with van der Waals surface area (Å²) in [7, 11) is 0. The third kappa shape index (κ3) is 4.34. The van der Waals surface area contributed by atoms with Crippen molar-refractivity contribution >= 4 is 5.91 Å². The Labute approximate surface area is 126 Å². The number of carbonyl (C=O) groups is 1. The Bertz CT molecular complexity index is 484. The molecule has 1 heterocycles. The van der Waals surface area contributed by atoms with Gasteiger partial charge in [-0.3, -0.25) is 4.79 Å². The lowest BCUT2D eigenvalue weighted by atomic mass is 9.87. The number of hydrogen-bond acceptors (Lipinski definition) is 3. The molecule has 1 unspecified atom stereocenters. The normalized spacial score (nSPS) is 19.2. The predicted molar refractivity (Wildman–Crippen MR) is 82.0 cm³/mol. The number of rotatable bonds is 5. The number of carbonyl (C=O) groups excluding carboxylic acids is 1. The monoisotopic (exact) mass is 293 g/mol. The van der Waals surface area contributed by atoms with Crippen LogP contribution in [0.5, 0.6) is 0 Å². The van der Waals surface area contributed by atoms with E-state index in [0.717, 1.165) is 24.2 Å². The van der Waals surface area contributed by atoms with Gasteiger partial charge in [0, 0.05) is 12.0 Å². The minimum Gasteiger partial charge on any atom is -0.466 e. The van der Waals surface area contributed by atoms with Gasteiger partial charge < -0.3 is 14.8 Å². The average molecular weight is 293 g/mol. The molecule has 21 heavy (non-hydrogen) atoms. The summed E-state index contributed by atoms with van der Waals surface area (Å²) in [5.74, 6) is 2.04. The zero-order valence-corrected chi connectivity index (χ0v) is 13.4. The zero-order chi connectivity index (χ0) is 15.5. The molecule has 0 aromatic carbocycles. The SMILES string of the molecule is Cc1cc(C(C)(O)CNC(=O)CC2CCCCC2)c(C)o1. The Kier molecular flexibility index (Phi) is 5.09. The fourth-order valence-corrected chi connectivity index (χ4v) is 3.26. The summed E-state index contributed by atoms with van der Waals surface area (Å²) in [5, 5.41) is 13.4. The van der Waals surface area contributed by atoms with Gasteiger partial charge in [-0.2, -0.15) is 0 Å². The van der Waals surface area contributed by atoms with E-state index in [1.54, 1.807) is 6.92 Å². The molecular weight excluding hydrogens is 266 g/mol. The molecule has 1 fully saturated rings. The number of hydrogen-bond donors (Lipinski definition) is 2. The van der Waals surface area contributed by atoms with E-state index >= 15 is 0 Å². The Morgan fingerprint density at radius 3 is 2.62 bits per heavy atom. The summed E-state index contributed by atoms with van der Waals surface area (Å²) in [5.41, 5.74) is -0.345. The molecular formula is C17H27NO3. The molecule has 2 N–H and O–H groups in total. The lowest BCUT2D eigenvalue weighted by Gasteiger charge is -2.25. The van der Waals surface area contributed by atoms with Crippen molar-refractivity contribution in [1.29, 1.82) is 0 Å². The van der Waals surface area contributed by atoms with E-state index in [1.165, 1.54) is 19.3 Å². The van der Waals surface area contributed by atoms with Crippen LogP contribution >= 0.6 is 0 Å². The molecule has 0 spiro atoms. The second-order valence-corrected chi connectivity index (χ2v) is 6.59. The van der Waals surface area contributed by atoms with Crippen molar-refractivity contribution in [1.82, 2.24) is 5.32 Å². The minimum atomic E-state index is -1.09. The Morgan fingerprint density at radius 2 is 2.05 bits per heavy atom. The second-order valence-electron chi connectivity index (χ2n) is 6.59. The van der Waals surface area contributed by atoms with Crippen LogP contribution in [0.15, 0.2) is 10.5 Å². The smallest absolute Gasteiger partial charge is 0.220 e. The van der Waals surface area contributed by atoms with Crippen LogP contribution in [0.3, 0.4) is 0 Å². The first-order valence-electron chi connectivity index (χ1n) is 7.95. The van der Waals surface area contributed by atoms with Gasteiger partial charge in [0.05, 0.1) is 6.54 Å². The van der Waals surface area contributed by atoms with Crippen molar-refractivity contribution in [3.8, 4) is 0 Å². The van der Waals surface area contributed by atoms with Crippen LogP contribution in [0, 0.1) is 19.8 Å².